The Balaban J connectivity index is 1.62. The first-order valence-corrected chi connectivity index (χ1v) is 8.74. The van der Waals surface area contributed by atoms with Gasteiger partial charge in [0.1, 0.15) is 0 Å². The van der Waals surface area contributed by atoms with E-state index in [2.05, 4.69) is 36.5 Å². The average molecular weight is 289 g/mol. The van der Waals surface area contributed by atoms with Crippen molar-refractivity contribution >= 4 is 0 Å². The van der Waals surface area contributed by atoms with Gasteiger partial charge in [-0.25, -0.2) is 0 Å². The Hall–Kier alpha value is -0.860. The van der Waals surface area contributed by atoms with Crippen molar-refractivity contribution in [2.75, 3.05) is 19.7 Å². The smallest absolute Gasteiger partial charge is 0.0717 e. The molecule has 1 aromatic rings. The Morgan fingerprint density at radius 1 is 1.00 bits per heavy atom. The van der Waals surface area contributed by atoms with E-state index in [0.717, 1.165) is 32.2 Å². The lowest BCUT2D eigenvalue weighted by molar-refractivity contribution is 0.0763. The van der Waals surface area contributed by atoms with Crippen LogP contribution in [0.3, 0.4) is 0 Å². The van der Waals surface area contributed by atoms with Crippen LogP contribution in [0.1, 0.15) is 56.6 Å². The van der Waals surface area contributed by atoms with Crippen LogP contribution in [0, 0.1) is 5.92 Å². The van der Waals surface area contributed by atoms with Gasteiger partial charge in [-0.1, -0.05) is 50.5 Å². The van der Waals surface area contributed by atoms with Crippen LogP contribution in [-0.2, 0) is 17.8 Å². The van der Waals surface area contributed by atoms with E-state index < -0.39 is 0 Å². The van der Waals surface area contributed by atoms with Crippen LogP contribution in [0.4, 0.5) is 0 Å². The van der Waals surface area contributed by atoms with E-state index in [-0.39, 0.29) is 0 Å². The zero-order valence-electron chi connectivity index (χ0n) is 13.6. The first-order valence-electron chi connectivity index (χ1n) is 8.74. The Kier molecular flexibility index (Phi) is 7.83. The summed E-state index contributed by atoms with van der Waals surface area (Å²) in [7, 11) is 0. The molecular formula is C19H31NO. The molecule has 1 aliphatic rings. The number of hydrogen-bond donors (Lipinski definition) is 1. The zero-order chi connectivity index (χ0) is 14.8. The number of rotatable bonds is 9. The number of benzene rings is 1. The molecule has 1 aliphatic heterocycles. The van der Waals surface area contributed by atoms with Gasteiger partial charge in [-0.15, -0.1) is 0 Å². The number of hydrogen-bond acceptors (Lipinski definition) is 2. The second kappa shape index (κ2) is 9.97. The molecule has 1 aromatic carbocycles. The van der Waals surface area contributed by atoms with E-state index in [9.17, 15) is 0 Å². The summed E-state index contributed by atoms with van der Waals surface area (Å²) in [5.74, 6) is 0.754. The molecule has 0 atom stereocenters. The Bertz CT molecular complexity index is 368. The summed E-state index contributed by atoms with van der Waals surface area (Å²) in [5, 5.41) is 3.40. The molecule has 1 fully saturated rings. The van der Waals surface area contributed by atoms with Crippen LogP contribution >= 0.6 is 0 Å². The summed E-state index contributed by atoms with van der Waals surface area (Å²) in [6.07, 6.45) is 9.09. The summed E-state index contributed by atoms with van der Waals surface area (Å²) in [4.78, 5) is 0. The van der Waals surface area contributed by atoms with E-state index >= 15 is 0 Å². The molecular weight excluding hydrogens is 258 g/mol. The molecule has 21 heavy (non-hydrogen) atoms. The highest BCUT2D eigenvalue weighted by Crippen LogP contribution is 2.14. The summed E-state index contributed by atoms with van der Waals surface area (Å²) in [6, 6.07) is 9.01. The quantitative estimate of drug-likeness (QED) is 0.683. The number of piperidine rings is 1. The summed E-state index contributed by atoms with van der Waals surface area (Å²) in [6.45, 7) is 6.25. The molecule has 0 radical (unpaired) electrons. The van der Waals surface area contributed by atoms with Crippen LogP contribution in [0.5, 0.6) is 0 Å². The van der Waals surface area contributed by atoms with Gasteiger partial charge in [-0.2, -0.15) is 0 Å². The molecule has 0 aromatic heterocycles. The molecule has 2 rings (SSSR count). The van der Waals surface area contributed by atoms with Crippen molar-refractivity contribution < 1.29 is 4.74 Å². The van der Waals surface area contributed by atoms with E-state index in [1.807, 2.05) is 0 Å². The van der Waals surface area contributed by atoms with Gasteiger partial charge in [0.25, 0.3) is 0 Å². The second-order valence-corrected chi connectivity index (χ2v) is 6.34. The lowest BCUT2D eigenvalue weighted by atomic mass is 9.99. The predicted octanol–water partition coefficient (Wildman–Crippen LogP) is 4.33. The monoisotopic (exact) mass is 289 g/mol. The highest BCUT2D eigenvalue weighted by Gasteiger charge is 2.12. The minimum Gasteiger partial charge on any atom is -0.376 e. The van der Waals surface area contributed by atoms with E-state index in [1.165, 1.54) is 56.1 Å². The topological polar surface area (TPSA) is 21.3 Å². The number of ether oxygens (including phenoxy) is 1. The van der Waals surface area contributed by atoms with Gasteiger partial charge < -0.3 is 10.1 Å². The van der Waals surface area contributed by atoms with Gasteiger partial charge in [0.2, 0.25) is 0 Å². The van der Waals surface area contributed by atoms with Crippen molar-refractivity contribution in [3.8, 4) is 0 Å². The molecule has 0 saturated carbocycles. The standard InChI is InChI=1S/C19H31NO/c1-2-3-4-5-6-17-7-9-18(10-8-17)15-21-16-19-11-13-20-14-12-19/h7-10,19-20H,2-6,11-16H2,1H3. The van der Waals surface area contributed by atoms with E-state index in [4.69, 9.17) is 4.74 Å². The average Bonchev–Trinajstić information content (AvgIpc) is 2.54. The first-order chi connectivity index (χ1) is 10.4. The van der Waals surface area contributed by atoms with Gasteiger partial charge in [0.15, 0.2) is 0 Å². The molecule has 1 saturated heterocycles. The van der Waals surface area contributed by atoms with Gasteiger partial charge in [-0.3, -0.25) is 0 Å². The molecule has 2 nitrogen and oxygen atoms in total. The third-order valence-corrected chi connectivity index (χ3v) is 4.42. The highest BCUT2D eigenvalue weighted by molar-refractivity contribution is 5.22. The molecule has 1 heterocycles. The van der Waals surface area contributed by atoms with Crippen molar-refractivity contribution in [1.29, 1.82) is 0 Å². The predicted molar refractivity (Wildman–Crippen MR) is 89.5 cm³/mol. The Labute approximate surface area is 130 Å². The van der Waals surface area contributed by atoms with E-state index in [0.29, 0.717) is 0 Å². The van der Waals surface area contributed by atoms with Crippen LogP contribution in [0.2, 0.25) is 0 Å². The molecule has 0 amide bonds. The van der Waals surface area contributed by atoms with Gasteiger partial charge in [0.05, 0.1) is 6.61 Å². The number of nitrogens with one attached hydrogen (secondary N) is 1. The van der Waals surface area contributed by atoms with Crippen molar-refractivity contribution in [3.05, 3.63) is 35.4 Å². The fourth-order valence-corrected chi connectivity index (χ4v) is 2.95. The lowest BCUT2D eigenvalue weighted by Crippen LogP contribution is -2.29. The minimum absolute atomic E-state index is 0.754. The third-order valence-electron chi connectivity index (χ3n) is 4.42. The molecule has 0 aliphatic carbocycles. The first kappa shape index (κ1) is 16.5. The molecule has 0 bridgehead atoms. The van der Waals surface area contributed by atoms with Gasteiger partial charge in [0, 0.05) is 6.61 Å². The van der Waals surface area contributed by atoms with Crippen molar-refractivity contribution in [1.82, 2.24) is 5.32 Å². The van der Waals surface area contributed by atoms with Crippen molar-refractivity contribution in [2.24, 2.45) is 5.92 Å². The van der Waals surface area contributed by atoms with Crippen LogP contribution in [-0.4, -0.2) is 19.7 Å². The normalized spacial score (nSPS) is 16.2. The second-order valence-electron chi connectivity index (χ2n) is 6.34. The number of unbranched alkanes of at least 4 members (excludes halogenated alkanes) is 3. The zero-order valence-corrected chi connectivity index (χ0v) is 13.6. The van der Waals surface area contributed by atoms with Gasteiger partial charge in [-0.05, 0) is 55.8 Å². The molecule has 0 spiro atoms. The Morgan fingerprint density at radius 3 is 2.43 bits per heavy atom. The highest BCUT2D eigenvalue weighted by atomic mass is 16.5. The summed E-state index contributed by atoms with van der Waals surface area (Å²) >= 11 is 0. The fourth-order valence-electron chi connectivity index (χ4n) is 2.95. The molecule has 1 N–H and O–H groups in total. The van der Waals surface area contributed by atoms with Crippen molar-refractivity contribution in [2.45, 2.75) is 58.5 Å². The van der Waals surface area contributed by atoms with Crippen LogP contribution < -0.4 is 5.32 Å². The minimum atomic E-state index is 0.754. The molecule has 0 unspecified atom stereocenters. The maximum Gasteiger partial charge on any atom is 0.0717 e. The van der Waals surface area contributed by atoms with Crippen LogP contribution in [0.15, 0.2) is 24.3 Å². The largest absolute Gasteiger partial charge is 0.376 e. The number of aryl methyl sites for hydroxylation is 1. The van der Waals surface area contributed by atoms with Crippen molar-refractivity contribution in [3.63, 3.8) is 0 Å². The van der Waals surface area contributed by atoms with Crippen LogP contribution in [0.25, 0.3) is 0 Å². The fraction of sp³-hybridized carbons (Fsp3) is 0.684. The van der Waals surface area contributed by atoms with E-state index in [1.54, 1.807) is 0 Å². The SMILES string of the molecule is CCCCCCc1ccc(COCC2CCNCC2)cc1. The maximum absolute atomic E-state index is 5.88. The lowest BCUT2D eigenvalue weighted by Gasteiger charge is -2.22. The van der Waals surface area contributed by atoms with Gasteiger partial charge >= 0.3 is 0 Å². The molecule has 2 heteroatoms. The Morgan fingerprint density at radius 2 is 1.71 bits per heavy atom. The molecule has 118 valence electrons. The maximum atomic E-state index is 5.88. The third kappa shape index (κ3) is 6.62. The summed E-state index contributed by atoms with van der Waals surface area (Å²) in [5.41, 5.74) is 2.77. The summed E-state index contributed by atoms with van der Waals surface area (Å²) < 4.78 is 5.88.